The molecule has 0 bridgehead atoms. The van der Waals surface area contributed by atoms with Gasteiger partial charge in [0.25, 0.3) is 0 Å². The molecule has 3 heteroatoms. The molecule has 0 spiro atoms. The lowest BCUT2D eigenvalue weighted by Crippen LogP contribution is -2.36. The van der Waals surface area contributed by atoms with Crippen molar-refractivity contribution in [3.8, 4) is 5.75 Å². The monoisotopic (exact) mass is 331 g/mol. The number of ether oxygens (including phenoxy) is 2. The number of morpholine rings is 1. The lowest BCUT2D eigenvalue weighted by atomic mass is 9.95. The molecule has 1 saturated heterocycles. The topological polar surface area (TPSA) is 21.7 Å². The van der Waals surface area contributed by atoms with Crippen molar-refractivity contribution in [2.24, 2.45) is 5.92 Å². The third-order valence-corrected chi connectivity index (χ3v) is 5.46. The van der Waals surface area contributed by atoms with Crippen LogP contribution >= 0.6 is 0 Å². The first-order valence-electron chi connectivity index (χ1n) is 9.82. The van der Waals surface area contributed by atoms with Gasteiger partial charge in [-0.15, -0.1) is 0 Å². The molecule has 1 heterocycles. The number of benzene rings is 1. The summed E-state index contributed by atoms with van der Waals surface area (Å²) >= 11 is 0. The minimum atomic E-state index is 0.625. The van der Waals surface area contributed by atoms with Crippen LogP contribution in [-0.4, -0.2) is 44.4 Å². The van der Waals surface area contributed by atoms with Crippen LogP contribution in [0.1, 0.15) is 56.6 Å². The molecule has 3 nitrogen and oxygen atoms in total. The summed E-state index contributed by atoms with van der Waals surface area (Å²) in [5.74, 6) is 2.55. The van der Waals surface area contributed by atoms with Crippen molar-refractivity contribution < 1.29 is 9.47 Å². The molecule has 24 heavy (non-hydrogen) atoms. The van der Waals surface area contributed by atoms with Crippen LogP contribution in [0, 0.1) is 5.92 Å². The molecule has 0 N–H and O–H groups in total. The van der Waals surface area contributed by atoms with Gasteiger partial charge in [0.2, 0.25) is 0 Å². The fourth-order valence-electron chi connectivity index (χ4n) is 3.29. The van der Waals surface area contributed by atoms with Gasteiger partial charge in [-0.25, -0.2) is 0 Å². The van der Waals surface area contributed by atoms with E-state index in [-0.39, 0.29) is 0 Å². The zero-order chi connectivity index (χ0) is 16.8. The quantitative estimate of drug-likeness (QED) is 0.675. The standard InChI is InChI=1S/C21H33NO2/c1-3-17(2)19-8-9-21(24-16-18-6-7-18)20(15-19)5-4-10-22-11-13-23-14-12-22/h8-9,15,17-18H,3-7,10-14,16H2,1-2H3. The van der Waals surface area contributed by atoms with E-state index >= 15 is 0 Å². The van der Waals surface area contributed by atoms with Crippen LogP contribution in [0.2, 0.25) is 0 Å². The lowest BCUT2D eigenvalue weighted by molar-refractivity contribution is 0.0374. The minimum Gasteiger partial charge on any atom is -0.493 e. The fraction of sp³-hybridized carbons (Fsp3) is 0.714. The Bertz CT molecular complexity index is 507. The normalized spacial score (nSPS) is 20.1. The third-order valence-electron chi connectivity index (χ3n) is 5.46. The van der Waals surface area contributed by atoms with Crippen LogP contribution in [0.4, 0.5) is 0 Å². The average molecular weight is 332 g/mol. The van der Waals surface area contributed by atoms with Crippen molar-refractivity contribution in [2.75, 3.05) is 39.5 Å². The second-order valence-electron chi connectivity index (χ2n) is 7.49. The second-order valence-corrected chi connectivity index (χ2v) is 7.49. The highest BCUT2D eigenvalue weighted by atomic mass is 16.5. The van der Waals surface area contributed by atoms with Gasteiger partial charge in [0.15, 0.2) is 0 Å². The van der Waals surface area contributed by atoms with Crippen molar-refractivity contribution >= 4 is 0 Å². The first kappa shape index (κ1) is 17.8. The molecule has 1 aliphatic carbocycles. The fourth-order valence-corrected chi connectivity index (χ4v) is 3.29. The van der Waals surface area contributed by atoms with Gasteiger partial charge in [-0.1, -0.05) is 26.0 Å². The highest BCUT2D eigenvalue weighted by Gasteiger charge is 2.22. The molecule has 2 fully saturated rings. The Balaban J connectivity index is 1.59. The van der Waals surface area contributed by atoms with Crippen molar-refractivity contribution in [3.63, 3.8) is 0 Å². The van der Waals surface area contributed by atoms with Crippen LogP contribution in [0.25, 0.3) is 0 Å². The van der Waals surface area contributed by atoms with Crippen LogP contribution < -0.4 is 4.74 Å². The predicted molar refractivity (Wildman–Crippen MR) is 98.9 cm³/mol. The maximum Gasteiger partial charge on any atom is 0.122 e. The first-order chi connectivity index (χ1) is 11.8. The van der Waals surface area contributed by atoms with E-state index in [1.165, 1.54) is 43.4 Å². The third kappa shape index (κ3) is 5.22. The smallest absolute Gasteiger partial charge is 0.122 e. The predicted octanol–water partition coefficient (Wildman–Crippen LogP) is 4.25. The number of nitrogens with zero attached hydrogens (tertiary/aromatic N) is 1. The number of hydrogen-bond acceptors (Lipinski definition) is 3. The Morgan fingerprint density at radius 3 is 2.75 bits per heavy atom. The Morgan fingerprint density at radius 1 is 1.25 bits per heavy atom. The van der Waals surface area contributed by atoms with Gasteiger partial charge in [-0.3, -0.25) is 4.90 Å². The van der Waals surface area contributed by atoms with Gasteiger partial charge < -0.3 is 9.47 Å². The lowest BCUT2D eigenvalue weighted by Gasteiger charge is -2.26. The molecule has 1 atom stereocenters. The van der Waals surface area contributed by atoms with E-state index in [2.05, 4.69) is 36.9 Å². The number of hydrogen-bond donors (Lipinski definition) is 0. The van der Waals surface area contributed by atoms with Crippen LogP contribution in [0.5, 0.6) is 5.75 Å². The molecule has 134 valence electrons. The summed E-state index contributed by atoms with van der Waals surface area (Å²) in [4.78, 5) is 2.52. The molecule has 0 amide bonds. The largest absolute Gasteiger partial charge is 0.493 e. The van der Waals surface area contributed by atoms with Crippen molar-refractivity contribution in [3.05, 3.63) is 29.3 Å². The van der Waals surface area contributed by atoms with Gasteiger partial charge in [0.1, 0.15) is 5.75 Å². The molecular weight excluding hydrogens is 298 g/mol. The van der Waals surface area contributed by atoms with Gasteiger partial charge in [-0.2, -0.15) is 0 Å². The minimum absolute atomic E-state index is 0.625. The van der Waals surface area contributed by atoms with Crippen molar-refractivity contribution in [2.45, 2.75) is 51.9 Å². The van der Waals surface area contributed by atoms with Gasteiger partial charge in [0.05, 0.1) is 19.8 Å². The van der Waals surface area contributed by atoms with E-state index in [1.807, 2.05) is 0 Å². The maximum absolute atomic E-state index is 6.14. The summed E-state index contributed by atoms with van der Waals surface area (Å²) in [7, 11) is 0. The van der Waals surface area contributed by atoms with Crippen molar-refractivity contribution in [1.29, 1.82) is 0 Å². The highest BCUT2D eigenvalue weighted by Crippen LogP contribution is 2.32. The molecular formula is C21H33NO2. The first-order valence-corrected chi connectivity index (χ1v) is 9.82. The Morgan fingerprint density at radius 2 is 2.04 bits per heavy atom. The number of aryl methyl sites for hydroxylation is 1. The second kappa shape index (κ2) is 8.87. The summed E-state index contributed by atoms with van der Waals surface area (Å²) in [5.41, 5.74) is 2.86. The average Bonchev–Trinajstić information content (AvgIpc) is 3.45. The van der Waals surface area contributed by atoms with Gasteiger partial charge in [-0.05, 0) is 67.7 Å². The zero-order valence-corrected chi connectivity index (χ0v) is 15.4. The van der Waals surface area contributed by atoms with E-state index in [0.717, 1.165) is 51.0 Å². The van der Waals surface area contributed by atoms with E-state index < -0.39 is 0 Å². The maximum atomic E-state index is 6.14. The van der Waals surface area contributed by atoms with E-state index in [0.29, 0.717) is 5.92 Å². The Hall–Kier alpha value is -1.06. The Kier molecular flexibility index (Phi) is 6.56. The van der Waals surface area contributed by atoms with Gasteiger partial charge in [0, 0.05) is 13.1 Å². The molecule has 1 aliphatic heterocycles. The summed E-state index contributed by atoms with van der Waals surface area (Å²) in [6.07, 6.45) is 6.19. The summed E-state index contributed by atoms with van der Waals surface area (Å²) in [6.45, 7) is 10.6. The molecule has 1 aromatic carbocycles. The summed E-state index contributed by atoms with van der Waals surface area (Å²) < 4.78 is 11.6. The molecule has 3 rings (SSSR count). The Labute approximate surface area is 147 Å². The van der Waals surface area contributed by atoms with Crippen LogP contribution in [-0.2, 0) is 11.2 Å². The van der Waals surface area contributed by atoms with Crippen LogP contribution in [0.15, 0.2) is 18.2 Å². The van der Waals surface area contributed by atoms with E-state index in [4.69, 9.17) is 9.47 Å². The summed E-state index contributed by atoms with van der Waals surface area (Å²) in [5, 5.41) is 0. The van der Waals surface area contributed by atoms with Crippen molar-refractivity contribution in [1.82, 2.24) is 4.90 Å². The number of rotatable bonds is 9. The van der Waals surface area contributed by atoms with E-state index in [1.54, 1.807) is 0 Å². The molecule has 0 radical (unpaired) electrons. The zero-order valence-electron chi connectivity index (χ0n) is 15.4. The summed E-state index contributed by atoms with van der Waals surface area (Å²) in [6, 6.07) is 6.88. The van der Waals surface area contributed by atoms with E-state index in [9.17, 15) is 0 Å². The van der Waals surface area contributed by atoms with Crippen LogP contribution in [0.3, 0.4) is 0 Å². The molecule has 1 saturated carbocycles. The SMILES string of the molecule is CCC(C)c1ccc(OCC2CC2)c(CCCN2CCOCC2)c1. The molecule has 2 aliphatic rings. The van der Waals surface area contributed by atoms with Gasteiger partial charge >= 0.3 is 0 Å². The molecule has 1 unspecified atom stereocenters. The highest BCUT2D eigenvalue weighted by molar-refractivity contribution is 5.38. The molecule has 0 aromatic heterocycles. The molecule has 1 aromatic rings.